The lowest BCUT2D eigenvalue weighted by atomic mass is 10.2. The van der Waals surface area contributed by atoms with Crippen molar-refractivity contribution in [2.75, 3.05) is 18.0 Å². The van der Waals surface area contributed by atoms with Crippen molar-refractivity contribution in [1.82, 2.24) is 0 Å². The summed E-state index contributed by atoms with van der Waals surface area (Å²) in [6, 6.07) is 7.89. The summed E-state index contributed by atoms with van der Waals surface area (Å²) in [7, 11) is 0. The van der Waals surface area contributed by atoms with Gasteiger partial charge in [-0.2, -0.15) is 0 Å². The van der Waals surface area contributed by atoms with Gasteiger partial charge in [0.05, 0.1) is 12.2 Å². The Bertz CT molecular complexity index is 368. The van der Waals surface area contributed by atoms with Crippen LogP contribution >= 0.6 is 11.6 Å². The van der Waals surface area contributed by atoms with E-state index in [1.807, 2.05) is 31.2 Å². The molecule has 0 amide bonds. The van der Waals surface area contributed by atoms with Crippen LogP contribution < -0.4 is 4.90 Å². The van der Waals surface area contributed by atoms with Crippen molar-refractivity contribution in [3.05, 3.63) is 29.3 Å². The molecule has 1 aromatic carbocycles. The number of halogens is 1. The third-order valence-electron chi connectivity index (χ3n) is 2.99. The van der Waals surface area contributed by atoms with Gasteiger partial charge in [0, 0.05) is 23.8 Å². The molecule has 1 fully saturated rings. The second kappa shape index (κ2) is 5.91. The number of hydrogen-bond acceptors (Lipinski definition) is 3. The Morgan fingerprint density at radius 1 is 1.00 bits per heavy atom. The molecule has 18 heavy (non-hydrogen) atoms. The quantitative estimate of drug-likeness (QED) is 0.781. The largest absolute Gasteiger partial charge is 0.366 e. The zero-order valence-corrected chi connectivity index (χ0v) is 11.9. The van der Waals surface area contributed by atoms with Crippen molar-refractivity contribution in [3.63, 3.8) is 0 Å². The molecule has 100 valence electrons. The Kier molecular flexibility index (Phi) is 4.49. The highest BCUT2D eigenvalue weighted by Gasteiger charge is 2.22. The number of ether oxygens (including phenoxy) is 2. The van der Waals surface area contributed by atoms with E-state index in [-0.39, 0.29) is 18.5 Å². The molecule has 1 aliphatic rings. The summed E-state index contributed by atoms with van der Waals surface area (Å²) in [6.45, 7) is 7.81. The topological polar surface area (TPSA) is 21.7 Å². The average Bonchev–Trinajstić information content (AvgIpc) is 2.26. The van der Waals surface area contributed by atoms with Crippen molar-refractivity contribution < 1.29 is 9.47 Å². The molecule has 0 bridgehead atoms. The predicted octanol–water partition coefficient (Wildman–Crippen LogP) is 3.32. The van der Waals surface area contributed by atoms with E-state index in [1.165, 1.54) is 0 Å². The fraction of sp³-hybridized carbons (Fsp3) is 0.571. The van der Waals surface area contributed by atoms with Gasteiger partial charge < -0.3 is 14.4 Å². The van der Waals surface area contributed by atoms with Crippen molar-refractivity contribution >= 4 is 17.3 Å². The summed E-state index contributed by atoms with van der Waals surface area (Å²) in [5.74, 6) is 0. The molecule has 1 saturated heterocycles. The van der Waals surface area contributed by atoms with Crippen LogP contribution in [-0.2, 0) is 9.47 Å². The van der Waals surface area contributed by atoms with Crippen LogP contribution in [0.4, 0.5) is 5.69 Å². The summed E-state index contributed by atoms with van der Waals surface area (Å²) in [5, 5.41) is 0.757. The van der Waals surface area contributed by atoms with E-state index in [1.54, 1.807) is 0 Å². The van der Waals surface area contributed by atoms with Gasteiger partial charge in [0.1, 0.15) is 0 Å². The highest BCUT2D eigenvalue weighted by molar-refractivity contribution is 6.30. The molecule has 4 heteroatoms. The minimum atomic E-state index is -0.137. The predicted molar refractivity (Wildman–Crippen MR) is 74.2 cm³/mol. The Balaban J connectivity index is 2.12. The van der Waals surface area contributed by atoms with Crippen molar-refractivity contribution in [3.8, 4) is 0 Å². The standard InChI is InChI=1S/C14H20ClNO2/c1-10-8-16(9-11(2)18-12(3)17-10)14-6-4-13(15)5-7-14/h4-7,10-12H,8-9H2,1-3H3/t10-,11+,12?. The van der Waals surface area contributed by atoms with Gasteiger partial charge in [-0.1, -0.05) is 11.6 Å². The third-order valence-corrected chi connectivity index (χ3v) is 3.25. The molecule has 1 aliphatic heterocycles. The molecule has 1 heterocycles. The zero-order chi connectivity index (χ0) is 13.1. The monoisotopic (exact) mass is 269 g/mol. The molecular formula is C14H20ClNO2. The zero-order valence-electron chi connectivity index (χ0n) is 11.1. The summed E-state index contributed by atoms with van der Waals surface area (Å²) < 4.78 is 11.5. The van der Waals surface area contributed by atoms with E-state index < -0.39 is 0 Å². The molecule has 0 aromatic heterocycles. The Hall–Kier alpha value is -0.770. The van der Waals surface area contributed by atoms with Gasteiger partial charge in [0.15, 0.2) is 6.29 Å². The number of nitrogens with zero attached hydrogens (tertiary/aromatic N) is 1. The van der Waals surface area contributed by atoms with Crippen molar-refractivity contribution in [2.24, 2.45) is 0 Å². The fourth-order valence-electron chi connectivity index (χ4n) is 2.33. The van der Waals surface area contributed by atoms with Crippen LogP contribution in [0.5, 0.6) is 0 Å². The maximum atomic E-state index is 5.92. The van der Waals surface area contributed by atoms with Gasteiger partial charge in [-0.15, -0.1) is 0 Å². The lowest BCUT2D eigenvalue weighted by molar-refractivity contribution is -0.180. The average molecular weight is 270 g/mol. The Morgan fingerprint density at radius 2 is 1.50 bits per heavy atom. The summed E-state index contributed by atoms with van der Waals surface area (Å²) >= 11 is 5.92. The maximum absolute atomic E-state index is 5.92. The first kappa shape index (κ1) is 13.7. The Morgan fingerprint density at radius 3 is 2.00 bits per heavy atom. The lowest BCUT2D eigenvalue weighted by Gasteiger charge is -2.35. The highest BCUT2D eigenvalue weighted by atomic mass is 35.5. The van der Waals surface area contributed by atoms with E-state index >= 15 is 0 Å². The maximum Gasteiger partial charge on any atom is 0.155 e. The van der Waals surface area contributed by atoms with Gasteiger partial charge in [-0.05, 0) is 45.0 Å². The van der Waals surface area contributed by atoms with Crippen LogP contribution in [0.25, 0.3) is 0 Å². The second-order valence-electron chi connectivity index (χ2n) is 4.84. The second-order valence-corrected chi connectivity index (χ2v) is 5.28. The van der Waals surface area contributed by atoms with Crippen LogP contribution in [0.15, 0.2) is 24.3 Å². The molecule has 0 aliphatic carbocycles. The number of hydrogen-bond donors (Lipinski definition) is 0. The normalized spacial score (nSPS) is 29.8. The van der Waals surface area contributed by atoms with E-state index in [9.17, 15) is 0 Å². The van der Waals surface area contributed by atoms with E-state index in [0.717, 1.165) is 23.8 Å². The van der Waals surface area contributed by atoms with E-state index in [4.69, 9.17) is 21.1 Å². The molecule has 1 aromatic rings. The molecule has 3 nitrogen and oxygen atoms in total. The first-order chi connectivity index (χ1) is 8.54. The van der Waals surface area contributed by atoms with Gasteiger partial charge >= 0.3 is 0 Å². The number of rotatable bonds is 1. The summed E-state index contributed by atoms with van der Waals surface area (Å²) in [6.07, 6.45) is 0.147. The van der Waals surface area contributed by atoms with Gasteiger partial charge in [-0.3, -0.25) is 0 Å². The summed E-state index contributed by atoms with van der Waals surface area (Å²) in [4.78, 5) is 2.28. The summed E-state index contributed by atoms with van der Waals surface area (Å²) in [5.41, 5.74) is 1.15. The molecule has 0 N–H and O–H groups in total. The van der Waals surface area contributed by atoms with Crippen LogP contribution in [0.1, 0.15) is 20.8 Å². The van der Waals surface area contributed by atoms with Gasteiger partial charge in [-0.25, -0.2) is 0 Å². The highest BCUT2D eigenvalue weighted by Crippen LogP contribution is 2.21. The van der Waals surface area contributed by atoms with E-state index in [2.05, 4.69) is 18.7 Å². The molecule has 0 saturated carbocycles. The molecule has 1 unspecified atom stereocenters. The fourth-order valence-corrected chi connectivity index (χ4v) is 2.46. The molecule has 3 atom stereocenters. The SMILES string of the molecule is CC1O[C@H](C)CN(c2ccc(Cl)cc2)C[C@H](C)O1. The molecular weight excluding hydrogens is 250 g/mol. The van der Waals surface area contributed by atoms with Crippen LogP contribution in [0.3, 0.4) is 0 Å². The van der Waals surface area contributed by atoms with Gasteiger partial charge in [0.2, 0.25) is 0 Å². The molecule has 0 radical (unpaired) electrons. The van der Waals surface area contributed by atoms with Gasteiger partial charge in [0.25, 0.3) is 0 Å². The molecule has 2 rings (SSSR count). The first-order valence-electron chi connectivity index (χ1n) is 6.36. The lowest BCUT2D eigenvalue weighted by Crippen LogP contribution is -2.43. The number of benzene rings is 1. The minimum Gasteiger partial charge on any atom is -0.366 e. The van der Waals surface area contributed by atoms with E-state index in [0.29, 0.717) is 0 Å². The molecule has 0 spiro atoms. The van der Waals surface area contributed by atoms with Crippen molar-refractivity contribution in [1.29, 1.82) is 0 Å². The van der Waals surface area contributed by atoms with Crippen LogP contribution in [0.2, 0.25) is 5.02 Å². The van der Waals surface area contributed by atoms with Crippen LogP contribution in [-0.4, -0.2) is 31.6 Å². The number of anilines is 1. The Labute approximate surface area is 114 Å². The third kappa shape index (κ3) is 3.61. The van der Waals surface area contributed by atoms with Crippen molar-refractivity contribution in [2.45, 2.75) is 39.3 Å². The minimum absolute atomic E-state index is 0.137. The van der Waals surface area contributed by atoms with Crippen LogP contribution in [0, 0.1) is 0 Å². The first-order valence-corrected chi connectivity index (χ1v) is 6.74. The smallest absolute Gasteiger partial charge is 0.155 e.